The van der Waals surface area contributed by atoms with Gasteiger partial charge in [-0.3, -0.25) is 4.79 Å². The highest BCUT2D eigenvalue weighted by atomic mass is 127. The highest BCUT2D eigenvalue weighted by Crippen LogP contribution is 2.12. The predicted octanol–water partition coefficient (Wildman–Crippen LogP) is 2.79. The lowest BCUT2D eigenvalue weighted by Gasteiger charge is -2.17. The van der Waals surface area contributed by atoms with Crippen LogP contribution in [0.15, 0.2) is 35.3 Å². The van der Waals surface area contributed by atoms with Crippen LogP contribution < -0.4 is 20.7 Å². The molecule has 0 saturated heterocycles. The zero-order valence-corrected chi connectivity index (χ0v) is 18.6. The van der Waals surface area contributed by atoms with E-state index in [0.29, 0.717) is 19.6 Å². The highest BCUT2D eigenvalue weighted by molar-refractivity contribution is 14.0. The molecule has 1 aromatic carbocycles. The molecule has 0 heterocycles. The van der Waals surface area contributed by atoms with Crippen LogP contribution in [-0.4, -0.2) is 44.1 Å². The number of carbonyl (C=O) groups is 1. The fourth-order valence-electron chi connectivity index (χ4n) is 2.05. The van der Waals surface area contributed by atoms with Crippen LogP contribution in [0.4, 0.5) is 0 Å². The molecule has 1 rings (SSSR count). The number of halogens is 1. The van der Waals surface area contributed by atoms with Crippen LogP contribution in [0, 0.1) is 5.92 Å². The zero-order valence-electron chi connectivity index (χ0n) is 16.2. The first-order chi connectivity index (χ1) is 12.1. The minimum absolute atomic E-state index is 0. The van der Waals surface area contributed by atoms with E-state index in [0.717, 1.165) is 24.7 Å². The molecule has 3 N–H and O–H groups in total. The molecule has 0 saturated carbocycles. The molecule has 1 amide bonds. The second kappa shape index (κ2) is 14.6. The highest BCUT2D eigenvalue weighted by Gasteiger charge is 2.09. The maximum absolute atomic E-state index is 11.5. The molecule has 0 aliphatic heterocycles. The van der Waals surface area contributed by atoms with Crippen molar-refractivity contribution in [3.05, 3.63) is 30.3 Å². The van der Waals surface area contributed by atoms with Gasteiger partial charge in [0.05, 0.1) is 6.54 Å². The van der Waals surface area contributed by atoms with E-state index < -0.39 is 0 Å². The molecule has 26 heavy (non-hydrogen) atoms. The molecule has 0 fully saturated rings. The Hall–Kier alpha value is -1.51. The summed E-state index contributed by atoms with van der Waals surface area (Å²) in [5.41, 5.74) is 0. The Bertz CT molecular complexity index is 524. The summed E-state index contributed by atoms with van der Waals surface area (Å²) < 4.78 is 5.96. The van der Waals surface area contributed by atoms with Crippen molar-refractivity contribution in [2.75, 3.05) is 26.2 Å². The van der Waals surface area contributed by atoms with Gasteiger partial charge in [0, 0.05) is 25.6 Å². The summed E-state index contributed by atoms with van der Waals surface area (Å²) in [6.07, 6.45) is 0.904. The van der Waals surface area contributed by atoms with Crippen molar-refractivity contribution in [1.82, 2.24) is 16.0 Å². The van der Waals surface area contributed by atoms with E-state index >= 15 is 0 Å². The number of nitrogens with zero attached hydrogens (tertiary/aromatic N) is 1. The molecule has 6 nitrogen and oxygen atoms in total. The van der Waals surface area contributed by atoms with Crippen molar-refractivity contribution in [2.24, 2.45) is 10.9 Å². The number of rotatable bonds is 10. The minimum Gasteiger partial charge on any atom is -0.489 e. The molecule has 0 aliphatic rings. The smallest absolute Gasteiger partial charge is 0.222 e. The van der Waals surface area contributed by atoms with Gasteiger partial charge in [0.15, 0.2) is 5.96 Å². The molecule has 0 spiro atoms. The molecule has 0 aliphatic carbocycles. The van der Waals surface area contributed by atoms with Gasteiger partial charge in [-0.1, -0.05) is 39.0 Å². The fraction of sp³-hybridized carbons (Fsp3) is 0.579. The lowest BCUT2D eigenvalue weighted by molar-refractivity contribution is -0.123. The predicted molar refractivity (Wildman–Crippen MR) is 118 cm³/mol. The Kier molecular flexibility index (Phi) is 13.8. The first kappa shape index (κ1) is 24.5. The standard InChI is InChI=1S/C19H32N4O2.HI/c1-5-16(25-17-10-8-7-9-11-17)14-23-19(20-6-2)22-13-12-21-18(24)15(3)4;/h7-11,15-16H,5-6,12-14H2,1-4H3,(H,21,24)(H2,20,22,23);1H. The SMILES string of the molecule is CCNC(=NCC(CC)Oc1ccccc1)NCCNC(=O)C(C)C.I. The molecule has 0 aromatic heterocycles. The number of hydrogen-bond donors (Lipinski definition) is 3. The Balaban J connectivity index is 0.00000625. The quantitative estimate of drug-likeness (QED) is 0.210. The Morgan fingerprint density at radius 3 is 2.31 bits per heavy atom. The van der Waals surface area contributed by atoms with E-state index in [1.807, 2.05) is 51.1 Å². The van der Waals surface area contributed by atoms with E-state index in [2.05, 4.69) is 27.9 Å². The molecule has 1 atom stereocenters. The molecule has 1 aromatic rings. The van der Waals surface area contributed by atoms with E-state index in [1.165, 1.54) is 0 Å². The van der Waals surface area contributed by atoms with Gasteiger partial charge in [0.25, 0.3) is 0 Å². The third kappa shape index (κ3) is 10.5. The average Bonchev–Trinajstić information content (AvgIpc) is 2.62. The summed E-state index contributed by atoms with van der Waals surface area (Å²) in [7, 11) is 0. The average molecular weight is 476 g/mol. The summed E-state index contributed by atoms with van der Waals surface area (Å²) in [6, 6.07) is 9.79. The van der Waals surface area contributed by atoms with Crippen LogP contribution in [0.3, 0.4) is 0 Å². The number of ether oxygens (including phenoxy) is 1. The summed E-state index contributed by atoms with van der Waals surface area (Å²) >= 11 is 0. The Morgan fingerprint density at radius 2 is 1.73 bits per heavy atom. The van der Waals surface area contributed by atoms with Crippen molar-refractivity contribution in [3.8, 4) is 5.75 Å². The molecule has 148 valence electrons. The van der Waals surface area contributed by atoms with Gasteiger partial charge in [-0.25, -0.2) is 4.99 Å². The van der Waals surface area contributed by atoms with E-state index in [-0.39, 0.29) is 41.9 Å². The van der Waals surface area contributed by atoms with Crippen molar-refractivity contribution in [1.29, 1.82) is 0 Å². The summed E-state index contributed by atoms with van der Waals surface area (Å²) in [6.45, 7) is 10.4. The van der Waals surface area contributed by atoms with E-state index in [4.69, 9.17) is 4.74 Å². The number of amides is 1. The number of benzene rings is 1. The minimum atomic E-state index is 0. The Morgan fingerprint density at radius 1 is 1.08 bits per heavy atom. The fourth-order valence-corrected chi connectivity index (χ4v) is 2.05. The van der Waals surface area contributed by atoms with E-state index in [9.17, 15) is 4.79 Å². The monoisotopic (exact) mass is 476 g/mol. The third-order valence-electron chi connectivity index (χ3n) is 3.54. The summed E-state index contributed by atoms with van der Waals surface area (Å²) in [5, 5.41) is 9.31. The topological polar surface area (TPSA) is 74.8 Å². The normalized spacial score (nSPS) is 12.1. The van der Waals surface area contributed by atoms with Crippen molar-refractivity contribution in [2.45, 2.75) is 40.2 Å². The van der Waals surface area contributed by atoms with Crippen molar-refractivity contribution >= 4 is 35.8 Å². The molecule has 1 unspecified atom stereocenters. The number of hydrogen-bond acceptors (Lipinski definition) is 3. The van der Waals surface area contributed by atoms with Crippen molar-refractivity contribution < 1.29 is 9.53 Å². The molecule has 0 bridgehead atoms. The first-order valence-corrected chi connectivity index (χ1v) is 9.08. The van der Waals surface area contributed by atoms with Gasteiger partial charge in [0.1, 0.15) is 11.9 Å². The first-order valence-electron chi connectivity index (χ1n) is 9.08. The number of carbonyl (C=O) groups excluding carboxylic acids is 1. The Labute approximate surface area is 174 Å². The van der Waals surface area contributed by atoms with Crippen LogP contribution >= 0.6 is 24.0 Å². The van der Waals surface area contributed by atoms with Crippen LogP contribution in [0.5, 0.6) is 5.75 Å². The van der Waals surface area contributed by atoms with Gasteiger partial charge in [-0.15, -0.1) is 24.0 Å². The number of aliphatic imine (C=N–C) groups is 1. The van der Waals surface area contributed by atoms with Crippen LogP contribution in [-0.2, 0) is 4.79 Å². The molecule has 0 radical (unpaired) electrons. The maximum Gasteiger partial charge on any atom is 0.222 e. The van der Waals surface area contributed by atoms with Gasteiger partial charge in [-0.2, -0.15) is 0 Å². The second-order valence-corrected chi connectivity index (χ2v) is 6.05. The molecule has 7 heteroatoms. The maximum atomic E-state index is 11.5. The number of nitrogens with one attached hydrogen (secondary N) is 3. The lowest BCUT2D eigenvalue weighted by atomic mass is 10.2. The second-order valence-electron chi connectivity index (χ2n) is 6.05. The molecular weight excluding hydrogens is 443 g/mol. The van der Waals surface area contributed by atoms with Gasteiger partial charge in [0.2, 0.25) is 5.91 Å². The molecular formula is C19H33IN4O2. The summed E-state index contributed by atoms with van der Waals surface area (Å²) in [5.74, 6) is 1.66. The van der Waals surface area contributed by atoms with Gasteiger partial charge in [-0.05, 0) is 25.5 Å². The summed E-state index contributed by atoms with van der Waals surface area (Å²) in [4.78, 5) is 16.1. The third-order valence-corrected chi connectivity index (χ3v) is 3.54. The zero-order chi connectivity index (χ0) is 18.5. The lowest BCUT2D eigenvalue weighted by Crippen LogP contribution is -2.42. The largest absolute Gasteiger partial charge is 0.489 e. The van der Waals surface area contributed by atoms with Crippen LogP contribution in [0.25, 0.3) is 0 Å². The van der Waals surface area contributed by atoms with Gasteiger partial charge >= 0.3 is 0 Å². The van der Waals surface area contributed by atoms with E-state index in [1.54, 1.807) is 0 Å². The number of guanidine groups is 1. The van der Waals surface area contributed by atoms with Crippen LogP contribution in [0.2, 0.25) is 0 Å². The number of para-hydroxylation sites is 1. The van der Waals surface area contributed by atoms with Crippen LogP contribution in [0.1, 0.15) is 34.1 Å². The van der Waals surface area contributed by atoms with Crippen molar-refractivity contribution in [3.63, 3.8) is 0 Å². The van der Waals surface area contributed by atoms with Gasteiger partial charge < -0.3 is 20.7 Å².